The average molecular weight is 579 g/mol. The first-order valence-corrected chi connectivity index (χ1v) is 13.8. The maximum atomic E-state index is 14.0. The predicted octanol–water partition coefficient (Wildman–Crippen LogP) is 0.134. The van der Waals surface area contributed by atoms with E-state index >= 15 is 0 Å². The van der Waals surface area contributed by atoms with Crippen molar-refractivity contribution in [2.24, 2.45) is 29.4 Å². The highest BCUT2D eigenvalue weighted by molar-refractivity contribution is 6.32. The molecule has 1 saturated heterocycles. The van der Waals surface area contributed by atoms with Crippen LogP contribution >= 0.6 is 0 Å². The first-order valence-electron chi connectivity index (χ1n) is 13.8. The molecular weight excluding hydrogens is 548 g/mol. The number of hydrogen-bond donors (Lipinski definition) is 3. The highest BCUT2D eigenvalue weighted by Gasteiger charge is 2.69. The Morgan fingerprint density at radius 2 is 1.86 bits per heavy atom. The van der Waals surface area contributed by atoms with E-state index in [1.807, 2.05) is 0 Å². The molecule has 13 heteroatoms. The van der Waals surface area contributed by atoms with Crippen LogP contribution in [0.1, 0.15) is 34.3 Å². The van der Waals surface area contributed by atoms with Gasteiger partial charge in [0.25, 0.3) is 5.69 Å². The van der Waals surface area contributed by atoms with Crippen molar-refractivity contribution in [2.45, 2.75) is 37.5 Å². The molecule has 13 nitrogen and oxygen atoms in total. The number of nitro groups is 1. The summed E-state index contributed by atoms with van der Waals surface area (Å²) in [4.78, 5) is 82.1. The van der Waals surface area contributed by atoms with Gasteiger partial charge < -0.3 is 15.9 Å². The minimum Gasteiger partial charge on any atom is -0.507 e. The number of nitrogens with two attached hydrogens (primary N) is 1. The number of hydrogen-bond acceptors (Lipinski definition) is 11. The van der Waals surface area contributed by atoms with Gasteiger partial charge in [-0.05, 0) is 70.1 Å². The van der Waals surface area contributed by atoms with Crippen LogP contribution in [0.15, 0.2) is 18.2 Å². The lowest BCUT2D eigenvalue weighted by atomic mass is 9.52. The molecule has 1 amide bonds. The number of benzene rings is 2. The average Bonchev–Trinajstić information content (AvgIpc) is 2.88. The standard InChI is InChI=1S/C29H30N4O9/c1-31(2)22-17-10-13-9-16-19(24(35)18(13)26(37)29(17,40)27(38)20(25(22)36)28(30)39)23(34)15-8-12(11-32-6-3-7-32)4-5-14(15)21(16)33(41)42/h4-5,8,13,17-18,20,22,34,40H,3,6-7,9-11H2,1-2H3,(H2,30,39)/t13-,17-,18?,20?,22-,29-/m0/s1. The van der Waals surface area contributed by atoms with Crippen LogP contribution in [-0.4, -0.2) is 92.8 Å². The fourth-order valence-electron chi connectivity index (χ4n) is 7.60. The molecule has 1 heterocycles. The quantitative estimate of drug-likeness (QED) is 0.247. The number of phenols is 1. The molecule has 2 aromatic carbocycles. The summed E-state index contributed by atoms with van der Waals surface area (Å²) in [5.41, 5.74) is 2.48. The van der Waals surface area contributed by atoms with E-state index in [9.17, 15) is 44.3 Å². The molecule has 3 fully saturated rings. The molecule has 2 unspecified atom stereocenters. The number of phenolic OH excluding ortho intramolecular Hbond substituents is 1. The number of carbonyl (C=O) groups is 5. The maximum absolute atomic E-state index is 14.0. The highest BCUT2D eigenvalue weighted by atomic mass is 16.6. The SMILES string of the molecule is CN(C)[C@@H]1C(=O)C(C(N)=O)C(=O)[C@@]2(O)C(=O)C3C(=O)c4c(c([N+](=O)[O-])c5ccc(CN6CCC6)cc5c4O)C[C@H]3C[C@@H]12. The second-order valence-electron chi connectivity index (χ2n) is 12.1. The molecule has 0 aromatic heterocycles. The second-order valence-corrected chi connectivity index (χ2v) is 12.1. The van der Waals surface area contributed by atoms with Crippen molar-refractivity contribution in [1.82, 2.24) is 9.80 Å². The smallest absolute Gasteiger partial charge is 0.281 e. The number of carbonyl (C=O) groups excluding carboxylic acids is 5. The van der Waals surface area contributed by atoms with Crippen LogP contribution in [0, 0.1) is 33.8 Å². The van der Waals surface area contributed by atoms with Gasteiger partial charge in [-0.2, -0.15) is 0 Å². The third kappa shape index (κ3) is 3.69. The number of amides is 1. The molecule has 6 rings (SSSR count). The number of aromatic hydroxyl groups is 1. The van der Waals surface area contributed by atoms with E-state index in [0.717, 1.165) is 25.1 Å². The zero-order valence-corrected chi connectivity index (χ0v) is 23.0. The summed E-state index contributed by atoms with van der Waals surface area (Å²) in [6.45, 7) is 2.36. The fraction of sp³-hybridized carbons (Fsp3) is 0.483. The van der Waals surface area contributed by atoms with Crippen molar-refractivity contribution >= 4 is 45.5 Å². The van der Waals surface area contributed by atoms with Crippen LogP contribution in [0.2, 0.25) is 0 Å². The van der Waals surface area contributed by atoms with Crippen LogP contribution in [0.4, 0.5) is 5.69 Å². The van der Waals surface area contributed by atoms with Crippen molar-refractivity contribution in [2.75, 3.05) is 27.2 Å². The predicted molar refractivity (Wildman–Crippen MR) is 145 cm³/mol. The van der Waals surface area contributed by atoms with Crippen LogP contribution < -0.4 is 5.73 Å². The lowest BCUT2D eigenvalue weighted by molar-refractivity contribution is -0.383. The molecule has 0 radical (unpaired) electrons. The van der Waals surface area contributed by atoms with Crippen molar-refractivity contribution in [3.05, 3.63) is 45.0 Å². The van der Waals surface area contributed by atoms with Gasteiger partial charge in [-0.3, -0.25) is 43.9 Å². The van der Waals surface area contributed by atoms with E-state index in [2.05, 4.69) is 4.90 Å². The molecule has 220 valence electrons. The van der Waals surface area contributed by atoms with E-state index in [4.69, 9.17) is 5.73 Å². The minimum atomic E-state index is -2.86. The second kappa shape index (κ2) is 9.48. The monoisotopic (exact) mass is 578 g/mol. The number of fused-ring (bicyclic) bond motifs is 4. The number of ketones is 4. The molecule has 1 aliphatic heterocycles. The molecule has 6 atom stereocenters. The highest BCUT2D eigenvalue weighted by Crippen LogP contribution is 2.53. The molecule has 3 aliphatic carbocycles. The van der Waals surface area contributed by atoms with Crippen LogP contribution in [-0.2, 0) is 32.1 Å². The van der Waals surface area contributed by atoms with Crippen molar-refractivity contribution in [1.29, 1.82) is 0 Å². The van der Waals surface area contributed by atoms with Gasteiger partial charge in [0.1, 0.15) is 5.75 Å². The van der Waals surface area contributed by atoms with Gasteiger partial charge >= 0.3 is 0 Å². The number of rotatable bonds is 5. The van der Waals surface area contributed by atoms with Gasteiger partial charge in [0, 0.05) is 23.4 Å². The van der Waals surface area contributed by atoms with Gasteiger partial charge in [0.15, 0.2) is 34.7 Å². The Balaban J connectivity index is 1.51. The Morgan fingerprint density at radius 1 is 1.17 bits per heavy atom. The zero-order chi connectivity index (χ0) is 30.4. The van der Waals surface area contributed by atoms with E-state index in [-0.39, 0.29) is 40.4 Å². The van der Waals surface area contributed by atoms with Gasteiger partial charge in [0.05, 0.1) is 27.8 Å². The van der Waals surface area contributed by atoms with Crippen LogP contribution in [0.25, 0.3) is 10.8 Å². The Morgan fingerprint density at radius 3 is 2.43 bits per heavy atom. The number of likely N-dealkylation sites (N-methyl/N-ethyl adjacent to an activating group) is 1. The van der Waals surface area contributed by atoms with Crippen molar-refractivity contribution in [3.8, 4) is 5.75 Å². The van der Waals surface area contributed by atoms with Gasteiger partial charge in [-0.25, -0.2) is 0 Å². The summed E-state index contributed by atoms with van der Waals surface area (Å²) in [7, 11) is 2.97. The number of likely N-dealkylation sites (tertiary alicyclic amines) is 1. The molecular formula is C29H30N4O9. The number of nitro benzene ring substituents is 1. The first kappa shape index (κ1) is 28.1. The molecule has 4 aliphatic rings. The summed E-state index contributed by atoms with van der Waals surface area (Å²) < 4.78 is 0. The van der Waals surface area contributed by atoms with Gasteiger partial charge in [-0.1, -0.05) is 6.07 Å². The first-order chi connectivity index (χ1) is 19.8. The third-order valence-electron chi connectivity index (χ3n) is 9.61. The van der Waals surface area contributed by atoms with E-state index < -0.39 is 75.0 Å². The minimum absolute atomic E-state index is 0.0325. The fourth-order valence-corrected chi connectivity index (χ4v) is 7.60. The van der Waals surface area contributed by atoms with Crippen LogP contribution in [0.3, 0.4) is 0 Å². The zero-order valence-electron chi connectivity index (χ0n) is 23.0. The molecule has 2 aromatic rings. The molecule has 42 heavy (non-hydrogen) atoms. The Kier molecular flexibility index (Phi) is 6.33. The van der Waals surface area contributed by atoms with Gasteiger partial charge in [0.2, 0.25) is 5.91 Å². The van der Waals surface area contributed by atoms with E-state index in [1.165, 1.54) is 19.0 Å². The maximum Gasteiger partial charge on any atom is 0.281 e. The molecule has 2 saturated carbocycles. The van der Waals surface area contributed by atoms with E-state index in [1.54, 1.807) is 18.2 Å². The number of primary amides is 1. The number of nitrogens with zero attached hydrogens (tertiary/aromatic N) is 3. The van der Waals surface area contributed by atoms with E-state index in [0.29, 0.717) is 6.54 Å². The van der Waals surface area contributed by atoms with Gasteiger partial charge in [-0.15, -0.1) is 0 Å². The van der Waals surface area contributed by atoms with Crippen LogP contribution in [0.5, 0.6) is 5.75 Å². The van der Waals surface area contributed by atoms with Crippen molar-refractivity contribution in [3.63, 3.8) is 0 Å². The lowest BCUT2D eigenvalue weighted by Crippen LogP contribution is -2.74. The largest absolute Gasteiger partial charge is 0.507 e. The molecule has 0 bridgehead atoms. The Hall–Kier alpha value is -4.07. The lowest BCUT2D eigenvalue weighted by Gasteiger charge is -2.52. The summed E-state index contributed by atoms with van der Waals surface area (Å²) >= 11 is 0. The topological polar surface area (TPSA) is 201 Å². The Bertz CT molecular complexity index is 1630. The summed E-state index contributed by atoms with van der Waals surface area (Å²) in [5.74, 6) is -12.1. The Labute approximate surface area is 239 Å². The normalized spacial score (nSPS) is 31.0. The third-order valence-corrected chi connectivity index (χ3v) is 9.61. The van der Waals surface area contributed by atoms with Crippen molar-refractivity contribution < 1.29 is 39.1 Å². The number of Topliss-reactive ketones (excluding diaryl/α,β-unsaturated/α-hetero) is 4. The molecule has 4 N–H and O–H groups in total. The number of aliphatic hydroxyl groups is 1. The summed E-state index contributed by atoms with van der Waals surface area (Å²) in [5, 5.41) is 35.7. The summed E-state index contributed by atoms with van der Waals surface area (Å²) in [6, 6.07) is 3.63. The summed E-state index contributed by atoms with van der Waals surface area (Å²) in [6.07, 6.45) is 0.693. The molecule has 0 spiro atoms.